The SMILES string of the molecule is NC(=O)Nc1cccc(N)c1/N=N/c1ccc(S(=O)(=O)CCOS(=O)(=O)O)cc1. The Balaban J connectivity index is 2.16. The molecule has 0 aromatic heterocycles. The van der Waals surface area contributed by atoms with Gasteiger partial charge in [0.1, 0.15) is 5.69 Å². The van der Waals surface area contributed by atoms with Crippen molar-refractivity contribution >= 4 is 49.0 Å². The third kappa shape index (κ3) is 6.79. The molecule has 0 unspecified atom stereocenters. The lowest BCUT2D eigenvalue weighted by molar-refractivity contribution is 0.259. The van der Waals surface area contributed by atoms with Gasteiger partial charge in [0, 0.05) is 0 Å². The van der Waals surface area contributed by atoms with Crippen LogP contribution in [0.3, 0.4) is 0 Å². The molecule has 0 radical (unpaired) electrons. The number of hydrogen-bond donors (Lipinski definition) is 4. The fourth-order valence-electron chi connectivity index (χ4n) is 2.10. The van der Waals surface area contributed by atoms with E-state index in [4.69, 9.17) is 16.0 Å². The minimum atomic E-state index is -4.72. The van der Waals surface area contributed by atoms with Gasteiger partial charge in [-0.1, -0.05) is 6.07 Å². The van der Waals surface area contributed by atoms with Crippen LogP contribution in [0.5, 0.6) is 0 Å². The van der Waals surface area contributed by atoms with Gasteiger partial charge in [-0.25, -0.2) is 17.4 Å². The van der Waals surface area contributed by atoms with Crippen molar-refractivity contribution in [1.29, 1.82) is 0 Å². The summed E-state index contributed by atoms with van der Waals surface area (Å²) in [5.74, 6) is -0.656. The molecule has 156 valence electrons. The van der Waals surface area contributed by atoms with Crippen molar-refractivity contribution in [2.24, 2.45) is 16.0 Å². The third-order valence-electron chi connectivity index (χ3n) is 3.37. The number of hydrogen-bond acceptors (Lipinski definition) is 9. The summed E-state index contributed by atoms with van der Waals surface area (Å²) in [7, 11) is -8.57. The predicted molar refractivity (Wildman–Crippen MR) is 104 cm³/mol. The number of rotatable bonds is 8. The van der Waals surface area contributed by atoms with Crippen LogP contribution in [0, 0.1) is 0 Å². The van der Waals surface area contributed by atoms with Crippen LogP contribution in [0.2, 0.25) is 0 Å². The van der Waals surface area contributed by atoms with Crippen molar-refractivity contribution in [2.75, 3.05) is 23.4 Å². The molecule has 0 heterocycles. The van der Waals surface area contributed by atoms with E-state index < -0.39 is 38.6 Å². The molecule has 0 aliphatic carbocycles. The van der Waals surface area contributed by atoms with Crippen molar-refractivity contribution < 1.29 is 30.4 Å². The van der Waals surface area contributed by atoms with E-state index in [0.717, 1.165) is 0 Å². The molecule has 6 N–H and O–H groups in total. The summed E-state index contributed by atoms with van der Waals surface area (Å²) >= 11 is 0. The lowest BCUT2D eigenvalue weighted by Gasteiger charge is -2.07. The highest BCUT2D eigenvalue weighted by Crippen LogP contribution is 2.33. The fourth-order valence-corrected chi connectivity index (χ4v) is 3.59. The molecule has 2 amide bonds. The molecule has 0 saturated carbocycles. The molecule has 0 bridgehead atoms. The Labute approximate surface area is 166 Å². The molecule has 12 nitrogen and oxygen atoms in total. The topological polar surface area (TPSA) is 204 Å². The van der Waals surface area contributed by atoms with Crippen LogP contribution < -0.4 is 16.8 Å². The van der Waals surface area contributed by atoms with Gasteiger partial charge in [-0.05, 0) is 36.4 Å². The maximum absolute atomic E-state index is 12.1. The number of benzene rings is 2. The van der Waals surface area contributed by atoms with E-state index in [1.807, 2.05) is 0 Å². The van der Waals surface area contributed by atoms with Crippen molar-refractivity contribution in [3.8, 4) is 0 Å². The summed E-state index contributed by atoms with van der Waals surface area (Å²) in [5, 5.41) is 10.3. The van der Waals surface area contributed by atoms with E-state index in [-0.39, 0.29) is 27.6 Å². The van der Waals surface area contributed by atoms with Gasteiger partial charge in [0.05, 0.1) is 34.3 Å². The molecular formula is C15H17N5O7S2. The first-order valence-corrected chi connectivity index (χ1v) is 10.8. The standard InChI is InChI=1S/C15H17N5O7S2/c16-12-2-1-3-13(18-15(17)21)14(12)20-19-10-4-6-11(7-5-10)28(22,23)9-8-27-29(24,25)26/h1-7H,8-9,16H2,(H3,17,18,21)(H,24,25,26)/b20-19+. The smallest absolute Gasteiger partial charge is 0.397 e. The van der Waals surface area contributed by atoms with E-state index in [2.05, 4.69) is 19.7 Å². The highest BCUT2D eigenvalue weighted by atomic mass is 32.3. The highest BCUT2D eigenvalue weighted by molar-refractivity contribution is 7.91. The number of carbonyl (C=O) groups is 1. The minimum absolute atomic E-state index is 0.106. The number of nitrogen functional groups attached to an aromatic ring is 1. The molecule has 14 heteroatoms. The van der Waals surface area contributed by atoms with Crippen molar-refractivity contribution in [3.05, 3.63) is 42.5 Å². The lowest BCUT2D eigenvalue weighted by Crippen LogP contribution is -2.19. The Kier molecular flexibility index (Phi) is 6.86. The molecule has 0 fully saturated rings. The second-order valence-electron chi connectivity index (χ2n) is 5.50. The first-order chi connectivity index (χ1) is 13.5. The zero-order chi connectivity index (χ0) is 21.7. The predicted octanol–water partition coefficient (Wildman–Crippen LogP) is 1.77. The Morgan fingerprint density at radius 2 is 1.72 bits per heavy atom. The summed E-state index contributed by atoms with van der Waals surface area (Å²) in [5.41, 5.74) is 11.9. The van der Waals surface area contributed by atoms with Crippen LogP contribution in [-0.2, 0) is 24.4 Å². The molecular weight excluding hydrogens is 426 g/mol. The molecule has 0 saturated heterocycles. The number of sulfone groups is 1. The van der Waals surface area contributed by atoms with Crippen molar-refractivity contribution in [1.82, 2.24) is 0 Å². The van der Waals surface area contributed by atoms with Gasteiger partial charge in [0.2, 0.25) is 0 Å². The van der Waals surface area contributed by atoms with Crippen LogP contribution >= 0.6 is 0 Å². The first kappa shape index (κ1) is 22.2. The summed E-state index contributed by atoms with van der Waals surface area (Å²) in [6.45, 7) is -0.731. The summed E-state index contributed by atoms with van der Waals surface area (Å²) in [4.78, 5) is 10.9. The molecule has 2 aromatic rings. The largest absolute Gasteiger partial charge is 0.397 e. The number of amides is 2. The minimum Gasteiger partial charge on any atom is -0.397 e. The molecule has 0 aliphatic rings. The summed E-state index contributed by atoms with van der Waals surface area (Å²) < 4.78 is 57.7. The molecule has 0 atom stereocenters. The van der Waals surface area contributed by atoms with E-state index >= 15 is 0 Å². The van der Waals surface area contributed by atoms with Crippen LogP contribution in [0.25, 0.3) is 0 Å². The average Bonchev–Trinajstić information content (AvgIpc) is 2.60. The quantitative estimate of drug-likeness (QED) is 0.268. The Bertz CT molecular complexity index is 1130. The van der Waals surface area contributed by atoms with Crippen LogP contribution in [-0.4, -0.2) is 39.8 Å². The van der Waals surface area contributed by atoms with E-state index in [9.17, 15) is 21.6 Å². The molecule has 2 aromatic carbocycles. The monoisotopic (exact) mass is 443 g/mol. The van der Waals surface area contributed by atoms with Gasteiger partial charge in [0.15, 0.2) is 9.84 Å². The first-order valence-electron chi connectivity index (χ1n) is 7.79. The van der Waals surface area contributed by atoms with Crippen LogP contribution in [0.1, 0.15) is 0 Å². The normalized spacial score (nSPS) is 12.2. The number of nitrogens with one attached hydrogen (secondary N) is 1. The summed E-state index contributed by atoms with van der Waals surface area (Å²) in [6.07, 6.45) is 0. The Hall–Kier alpha value is -3.07. The number of primary amides is 1. The average molecular weight is 443 g/mol. The number of nitrogens with two attached hydrogens (primary N) is 2. The highest BCUT2D eigenvalue weighted by Gasteiger charge is 2.16. The second kappa shape index (κ2) is 8.95. The van der Waals surface area contributed by atoms with Crippen LogP contribution in [0.4, 0.5) is 27.5 Å². The third-order valence-corrected chi connectivity index (χ3v) is 5.53. The number of nitrogens with zero attached hydrogens (tertiary/aromatic N) is 2. The lowest BCUT2D eigenvalue weighted by atomic mass is 10.2. The van der Waals surface area contributed by atoms with Gasteiger partial charge >= 0.3 is 16.4 Å². The molecule has 29 heavy (non-hydrogen) atoms. The van der Waals surface area contributed by atoms with Gasteiger partial charge in [-0.15, -0.1) is 5.11 Å². The van der Waals surface area contributed by atoms with Crippen molar-refractivity contribution in [3.63, 3.8) is 0 Å². The number of urea groups is 1. The molecule has 0 spiro atoms. The van der Waals surface area contributed by atoms with Crippen LogP contribution in [0.15, 0.2) is 57.6 Å². The maximum Gasteiger partial charge on any atom is 0.397 e. The van der Waals surface area contributed by atoms with E-state index in [0.29, 0.717) is 0 Å². The zero-order valence-electron chi connectivity index (χ0n) is 14.7. The maximum atomic E-state index is 12.1. The molecule has 0 aliphatic heterocycles. The van der Waals surface area contributed by atoms with Gasteiger partial charge in [0.25, 0.3) is 0 Å². The van der Waals surface area contributed by atoms with Gasteiger partial charge in [-0.3, -0.25) is 4.55 Å². The second-order valence-corrected chi connectivity index (χ2v) is 8.70. The number of azo groups is 1. The Morgan fingerprint density at radius 3 is 2.31 bits per heavy atom. The van der Waals surface area contributed by atoms with Crippen molar-refractivity contribution in [2.45, 2.75) is 4.90 Å². The number of carbonyl (C=O) groups excluding carboxylic acids is 1. The van der Waals surface area contributed by atoms with Gasteiger partial charge in [-0.2, -0.15) is 13.5 Å². The Morgan fingerprint density at radius 1 is 1.07 bits per heavy atom. The van der Waals surface area contributed by atoms with E-state index in [1.165, 1.54) is 30.3 Å². The zero-order valence-corrected chi connectivity index (χ0v) is 16.4. The fraction of sp³-hybridized carbons (Fsp3) is 0.133. The van der Waals surface area contributed by atoms with Gasteiger partial charge < -0.3 is 16.8 Å². The number of anilines is 2. The van der Waals surface area contributed by atoms with E-state index in [1.54, 1.807) is 12.1 Å². The summed E-state index contributed by atoms with van der Waals surface area (Å²) in [6, 6.07) is 9.07. The molecule has 2 rings (SSSR count).